The summed E-state index contributed by atoms with van der Waals surface area (Å²) in [5, 5.41) is 2.56. The number of esters is 1. The highest BCUT2D eigenvalue weighted by molar-refractivity contribution is 5.96. The van der Waals surface area contributed by atoms with Gasteiger partial charge in [0.15, 0.2) is 12.2 Å². The van der Waals surface area contributed by atoms with Gasteiger partial charge < -0.3 is 14.5 Å². The number of hydrogen-bond donors (Lipinski definition) is 1. The number of nitrogens with zero attached hydrogens (tertiary/aromatic N) is 1. The third kappa shape index (κ3) is 4.50. The van der Waals surface area contributed by atoms with Crippen LogP contribution in [0.15, 0.2) is 83.3 Å². The van der Waals surface area contributed by atoms with Crippen LogP contribution in [0, 0.1) is 0 Å². The molecule has 144 valence electrons. The minimum absolute atomic E-state index is 0.0881. The third-order valence-corrected chi connectivity index (χ3v) is 4.34. The molecule has 29 heavy (non-hydrogen) atoms. The Bertz CT molecular complexity index is 1100. The Labute approximate surface area is 167 Å². The molecule has 0 fully saturated rings. The SMILES string of the molecule is O=C(CNC(=O)c1ccc(-c2ccccc2)cc1)OCc1nc2ccccc2o1. The highest BCUT2D eigenvalue weighted by Crippen LogP contribution is 2.19. The number of hydrogen-bond acceptors (Lipinski definition) is 5. The second kappa shape index (κ2) is 8.39. The van der Waals surface area contributed by atoms with Crippen LogP contribution < -0.4 is 5.32 Å². The molecule has 0 bridgehead atoms. The first-order chi connectivity index (χ1) is 14.2. The quantitative estimate of drug-likeness (QED) is 0.507. The van der Waals surface area contributed by atoms with Gasteiger partial charge >= 0.3 is 5.97 Å². The minimum Gasteiger partial charge on any atom is -0.454 e. The maximum Gasteiger partial charge on any atom is 0.325 e. The van der Waals surface area contributed by atoms with Crippen molar-refractivity contribution in [1.82, 2.24) is 10.3 Å². The molecule has 1 heterocycles. The molecule has 0 saturated heterocycles. The zero-order valence-electron chi connectivity index (χ0n) is 15.5. The number of nitrogens with one attached hydrogen (secondary N) is 1. The summed E-state index contributed by atoms with van der Waals surface area (Å²) in [5.41, 5.74) is 3.88. The van der Waals surface area contributed by atoms with Gasteiger partial charge in [-0.1, -0.05) is 54.6 Å². The van der Waals surface area contributed by atoms with Gasteiger partial charge in [0.25, 0.3) is 5.91 Å². The fourth-order valence-corrected chi connectivity index (χ4v) is 2.87. The van der Waals surface area contributed by atoms with E-state index in [-0.39, 0.29) is 19.1 Å². The maximum atomic E-state index is 12.2. The Morgan fingerprint density at radius 2 is 1.55 bits per heavy atom. The van der Waals surface area contributed by atoms with Gasteiger partial charge in [0.05, 0.1) is 0 Å². The van der Waals surface area contributed by atoms with Gasteiger partial charge in [-0.15, -0.1) is 0 Å². The van der Waals surface area contributed by atoms with Crippen molar-refractivity contribution < 1.29 is 18.7 Å². The van der Waals surface area contributed by atoms with Crippen molar-refractivity contribution in [2.45, 2.75) is 6.61 Å². The smallest absolute Gasteiger partial charge is 0.325 e. The topological polar surface area (TPSA) is 81.4 Å². The number of benzene rings is 3. The second-order valence-corrected chi connectivity index (χ2v) is 6.36. The highest BCUT2D eigenvalue weighted by atomic mass is 16.5. The number of aromatic nitrogens is 1. The van der Waals surface area contributed by atoms with E-state index in [2.05, 4.69) is 10.3 Å². The van der Waals surface area contributed by atoms with Crippen molar-refractivity contribution in [2.75, 3.05) is 6.54 Å². The van der Waals surface area contributed by atoms with Gasteiger partial charge in [-0.05, 0) is 35.4 Å². The monoisotopic (exact) mass is 386 g/mol. The average Bonchev–Trinajstić information content (AvgIpc) is 3.20. The molecule has 1 N–H and O–H groups in total. The normalized spacial score (nSPS) is 10.6. The molecule has 6 nitrogen and oxygen atoms in total. The lowest BCUT2D eigenvalue weighted by Gasteiger charge is -2.06. The molecule has 1 amide bonds. The predicted molar refractivity (Wildman–Crippen MR) is 108 cm³/mol. The highest BCUT2D eigenvalue weighted by Gasteiger charge is 2.11. The molecule has 0 spiro atoms. The lowest BCUT2D eigenvalue weighted by atomic mass is 10.0. The van der Waals surface area contributed by atoms with E-state index in [1.54, 1.807) is 18.2 Å². The fourth-order valence-electron chi connectivity index (χ4n) is 2.87. The molecule has 1 aromatic heterocycles. The van der Waals surface area contributed by atoms with Crippen molar-refractivity contribution in [3.63, 3.8) is 0 Å². The van der Waals surface area contributed by atoms with Crippen molar-refractivity contribution in [2.24, 2.45) is 0 Å². The number of carbonyl (C=O) groups excluding carboxylic acids is 2. The summed E-state index contributed by atoms with van der Waals surface area (Å²) in [6, 6.07) is 24.4. The summed E-state index contributed by atoms with van der Waals surface area (Å²) < 4.78 is 10.6. The van der Waals surface area contributed by atoms with Crippen LogP contribution in [0.5, 0.6) is 0 Å². The van der Waals surface area contributed by atoms with E-state index < -0.39 is 5.97 Å². The van der Waals surface area contributed by atoms with E-state index in [4.69, 9.17) is 9.15 Å². The standard InChI is InChI=1S/C23H18N2O4/c26-22(28-15-21-25-19-8-4-5-9-20(19)29-21)14-24-23(27)18-12-10-17(11-13-18)16-6-2-1-3-7-16/h1-13H,14-15H2,(H,24,27). The van der Waals surface area contributed by atoms with E-state index in [9.17, 15) is 9.59 Å². The predicted octanol–water partition coefficient (Wildman–Crippen LogP) is 3.97. The molecular weight excluding hydrogens is 368 g/mol. The second-order valence-electron chi connectivity index (χ2n) is 6.36. The van der Waals surface area contributed by atoms with Gasteiger partial charge in [0.2, 0.25) is 5.89 Å². The van der Waals surface area contributed by atoms with E-state index in [1.165, 1.54) is 0 Å². The number of amides is 1. The maximum absolute atomic E-state index is 12.2. The molecule has 0 aliphatic rings. The molecule has 0 unspecified atom stereocenters. The summed E-state index contributed by atoms with van der Waals surface area (Å²) in [7, 11) is 0. The van der Waals surface area contributed by atoms with Crippen LogP contribution in [0.3, 0.4) is 0 Å². The zero-order valence-corrected chi connectivity index (χ0v) is 15.5. The van der Waals surface area contributed by atoms with E-state index in [0.29, 0.717) is 22.6 Å². The molecule has 4 rings (SSSR count). The summed E-state index contributed by atoms with van der Waals surface area (Å²) in [5.74, 6) is -0.604. The Morgan fingerprint density at radius 1 is 0.862 bits per heavy atom. The first kappa shape index (κ1) is 18.4. The third-order valence-electron chi connectivity index (χ3n) is 4.34. The van der Waals surface area contributed by atoms with Crippen LogP contribution in [0.4, 0.5) is 0 Å². The molecule has 0 aliphatic carbocycles. The largest absolute Gasteiger partial charge is 0.454 e. The molecule has 4 aromatic rings. The summed E-state index contributed by atoms with van der Waals surface area (Å²) >= 11 is 0. The number of para-hydroxylation sites is 2. The summed E-state index contributed by atoms with van der Waals surface area (Å²) in [6.45, 7) is -0.325. The van der Waals surface area contributed by atoms with Gasteiger partial charge in [-0.2, -0.15) is 0 Å². The Morgan fingerprint density at radius 3 is 2.31 bits per heavy atom. The molecule has 0 atom stereocenters. The van der Waals surface area contributed by atoms with Crippen molar-refractivity contribution >= 4 is 23.0 Å². The lowest BCUT2D eigenvalue weighted by molar-refractivity contribution is -0.144. The van der Waals surface area contributed by atoms with Crippen molar-refractivity contribution in [1.29, 1.82) is 0 Å². The zero-order chi connectivity index (χ0) is 20.1. The number of ether oxygens (including phenoxy) is 1. The molecule has 3 aromatic carbocycles. The van der Waals surface area contributed by atoms with Crippen molar-refractivity contribution in [3.05, 3.63) is 90.3 Å². The van der Waals surface area contributed by atoms with E-state index in [1.807, 2.05) is 60.7 Å². The van der Waals surface area contributed by atoms with Crippen LogP contribution in [0.2, 0.25) is 0 Å². The van der Waals surface area contributed by atoms with Gasteiger partial charge in [-0.3, -0.25) is 9.59 Å². The Hall–Kier alpha value is -3.93. The molecule has 0 aliphatic heterocycles. The van der Waals surface area contributed by atoms with E-state index >= 15 is 0 Å². The van der Waals surface area contributed by atoms with Crippen LogP contribution in [0.25, 0.3) is 22.2 Å². The van der Waals surface area contributed by atoms with Crippen molar-refractivity contribution in [3.8, 4) is 11.1 Å². The van der Waals surface area contributed by atoms with Crippen LogP contribution in [-0.4, -0.2) is 23.4 Å². The number of oxazole rings is 1. The number of carbonyl (C=O) groups is 2. The van der Waals surface area contributed by atoms with Crippen LogP contribution in [0.1, 0.15) is 16.2 Å². The van der Waals surface area contributed by atoms with Gasteiger partial charge in [0.1, 0.15) is 12.1 Å². The Balaban J connectivity index is 1.28. The van der Waals surface area contributed by atoms with Gasteiger partial charge in [0, 0.05) is 5.56 Å². The first-order valence-corrected chi connectivity index (χ1v) is 9.13. The number of rotatable bonds is 6. The van der Waals surface area contributed by atoms with Crippen LogP contribution >= 0.6 is 0 Å². The summed E-state index contributed by atoms with van der Waals surface area (Å²) in [4.78, 5) is 28.4. The molecule has 0 radical (unpaired) electrons. The molecule has 0 saturated carbocycles. The van der Waals surface area contributed by atoms with Crippen LogP contribution in [-0.2, 0) is 16.1 Å². The summed E-state index contributed by atoms with van der Waals surface area (Å²) in [6.07, 6.45) is 0. The van der Waals surface area contributed by atoms with Gasteiger partial charge in [-0.25, -0.2) is 4.98 Å². The molecule has 6 heteroatoms. The van der Waals surface area contributed by atoms with E-state index in [0.717, 1.165) is 11.1 Å². The molecular formula is C23H18N2O4. The number of fused-ring (bicyclic) bond motifs is 1. The average molecular weight is 386 g/mol. The first-order valence-electron chi connectivity index (χ1n) is 9.13. The lowest BCUT2D eigenvalue weighted by Crippen LogP contribution is -2.30. The fraction of sp³-hybridized carbons (Fsp3) is 0.0870. The Kier molecular flexibility index (Phi) is 5.33. The minimum atomic E-state index is -0.568.